The summed E-state index contributed by atoms with van der Waals surface area (Å²) in [5, 5.41) is 11.2. The summed E-state index contributed by atoms with van der Waals surface area (Å²) >= 11 is 0. The van der Waals surface area contributed by atoms with Gasteiger partial charge in [-0.2, -0.15) is 0 Å². The summed E-state index contributed by atoms with van der Waals surface area (Å²) in [6, 6.07) is 8.17. The number of aliphatic carboxylic acids is 1. The first kappa shape index (κ1) is 18.7. The summed E-state index contributed by atoms with van der Waals surface area (Å²) in [5.74, 6) is 0.693. The molecule has 0 unspecified atom stereocenters. The molecule has 1 aromatic carbocycles. The fourth-order valence-corrected chi connectivity index (χ4v) is 2.37. The molecule has 2 aromatic rings. The van der Waals surface area contributed by atoms with Crippen LogP contribution in [-0.2, 0) is 16.0 Å². The second-order valence-electron chi connectivity index (χ2n) is 6.24. The molecule has 134 valence electrons. The maximum atomic E-state index is 11.7. The first-order chi connectivity index (χ1) is 12.0. The number of carbonyl (C=O) groups is 2. The molecule has 1 aromatic heterocycles. The molecule has 2 N–H and O–H groups in total. The van der Waals surface area contributed by atoms with Crippen LogP contribution >= 0.6 is 0 Å². The lowest BCUT2D eigenvalue weighted by Gasteiger charge is -2.05. The van der Waals surface area contributed by atoms with Gasteiger partial charge in [-0.25, -0.2) is 4.98 Å². The summed E-state index contributed by atoms with van der Waals surface area (Å²) in [5.41, 5.74) is 2.23. The molecule has 0 bridgehead atoms. The minimum absolute atomic E-state index is 0.0545. The molecule has 0 fully saturated rings. The van der Waals surface area contributed by atoms with Crippen molar-refractivity contribution in [2.24, 2.45) is 0 Å². The highest BCUT2D eigenvalue weighted by Crippen LogP contribution is 2.23. The van der Waals surface area contributed by atoms with Crippen molar-refractivity contribution in [3.63, 3.8) is 0 Å². The van der Waals surface area contributed by atoms with Crippen molar-refractivity contribution in [2.45, 2.75) is 45.4 Å². The Bertz CT molecular complexity index is 704. The predicted molar refractivity (Wildman–Crippen MR) is 94.2 cm³/mol. The quantitative estimate of drug-likeness (QED) is 0.680. The summed E-state index contributed by atoms with van der Waals surface area (Å²) in [7, 11) is 0. The van der Waals surface area contributed by atoms with E-state index >= 15 is 0 Å². The molecule has 0 radical (unpaired) electrons. The van der Waals surface area contributed by atoms with Gasteiger partial charge in [0.25, 0.3) is 0 Å². The van der Waals surface area contributed by atoms with Crippen molar-refractivity contribution >= 4 is 11.9 Å². The molecule has 1 heterocycles. The standard InChI is InChI=1S/C19H24N2O4/c1-13(2)14-5-7-15(8-6-14)16-12-21-18(25-16)10-9-17(22)20-11-3-4-19(23)24/h5-8,12-13H,3-4,9-11H2,1-2H3,(H,20,22)(H,23,24). The molecule has 1 amide bonds. The van der Waals surface area contributed by atoms with Gasteiger partial charge in [0, 0.05) is 31.4 Å². The maximum absolute atomic E-state index is 11.7. The largest absolute Gasteiger partial charge is 0.481 e. The molecule has 2 rings (SSSR count). The lowest BCUT2D eigenvalue weighted by Crippen LogP contribution is -2.25. The molecule has 0 aliphatic rings. The van der Waals surface area contributed by atoms with Crippen molar-refractivity contribution in [3.8, 4) is 11.3 Å². The van der Waals surface area contributed by atoms with Gasteiger partial charge in [-0.05, 0) is 17.9 Å². The van der Waals surface area contributed by atoms with E-state index in [0.717, 1.165) is 5.56 Å². The fraction of sp³-hybridized carbons (Fsp3) is 0.421. The molecule has 6 nitrogen and oxygen atoms in total. The Balaban J connectivity index is 1.81. The number of nitrogens with one attached hydrogen (secondary N) is 1. The molecule has 0 aliphatic heterocycles. The number of hydrogen-bond donors (Lipinski definition) is 2. The smallest absolute Gasteiger partial charge is 0.303 e. The van der Waals surface area contributed by atoms with Crippen LogP contribution in [0.3, 0.4) is 0 Å². The van der Waals surface area contributed by atoms with E-state index in [1.54, 1.807) is 6.20 Å². The average Bonchev–Trinajstić information content (AvgIpc) is 3.06. The Morgan fingerprint density at radius 3 is 2.56 bits per heavy atom. The average molecular weight is 344 g/mol. The van der Waals surface area contributed by atoms with Crippen molar-refractivity contribution in [2.75, 3.05) is 6.54 Å². The zero-order valence-corrected chi connectivity index (χ0v) is 14.6. The fourth-order valence-electron chi connectivity index (χ4n) is 2.37. The van der Waals surface area contributed by atoms with Gasteiger partial charge in [-0.3, -0.25) is 9.59 Å². The number of hydrogen-bond acceptors (Lipinski definition) is 4. The second-order valence-corrected chi connectivity index (χ2v) is 6.24. The highest BCUT2D eigenvalue weighted by Gasteiger charge is 2.09. The third-order valence-corrected chi connectivity index (χ3v) is 3.87. The lowest BCUT2D eigenvalue weighted by molar-refractivity contribution is -0.137. The summed E-state index contributed by atoms with van der Waals surface area (Å²) in [6.07, 6.45) is 2.83. The Labute approximate surface area is 147 Å². The van der Waals surface area contributed by atoms with E-state index in [1.807, 2.05) is 12.1 Å². The van der Waals surface area contributed by atoms with E-state index < -0.39 is 5.97 Å². The zero-order valence-electron chi connectivity index (χ0n) is 14.6. The number of benzene rings is 1. The van der Waals surface area contributed by atoms with E-state index in [0.29, 0.717) is 37.0 Å². The van der Waals surface area contributed by atoms with Crippen LogP contribution in [0.4, 0.5) is 0 Å². The van der Waals surface area contributed by atoms with Crippen LogP contribution in [0.2, 0.25) is 0 Å². The van der Waals surface area contributed by atoms with Gasteiger partial charge >= 0.3 is 5.97 Å². The van der Waals surface area contributed by atoms with Gasteiger partial charge in [0.05, 0.1) is 6.20 Å². The van der Waals surface area contributed by atoms with Gasteiger partial charge in [-0.1, -0.05) is 38.1 Å². The van der Waals surface area contributed by atoms with Crippen LogP contribution in [0.15, 0.2) is 34.9 Å². The van der Waals surface area contributed by atoms with Gasteiger partial charge in [-0.15, -0.1) is 0 Å². The third-order valence-electron chi connectivity index (χ3n) is 3.87. The van der Waals surface area contributed by atoms with Crippen LogP contribution in [0.1, 0.15) is 50.5 Å². The Hall–Kier alpha value is -2.63. The first-order valence-corrected chi connectivity index (χ1v) is 8.49. The Morgan fingerprint density at radius 1 is 1.20 bits per heavy atom. The van der Waals surface area contributed by atoms with E-state index in [-0.39, 0.29) is 18.7 Å². The van der Waals surface area contributed by atoms with Crippen LogP contribution < -0.4 is 5.32 Å². The lowest BCUT2D eigenvalue weighted by atomic mass is 10.0. The molecular formula is C19H24N2O4. The molecule has 25 heavy (non-hydrogen) atoms. The molecule has 0 saturated carbocycles. The number of oxazole rings is 1. The minimum Gasteiger partial charge on any atom is -0.481 e. The summed E-state index contributed by atoms with van der Waals surface area (Å²) in [4.78, 5) is 26.3. The van der Waals surface area contributed by atoms with Gasteiger partial charge in [0.1, 0.15) is 0 Å². The number of carboxylic acid groups (broad SMARTS) is 1. The van der Waals surface area contributed by atoms with E-state index in [2.05, 4.69) is 36.3 Å². The Kier molecular flexibility index (Phi) is 6.74. The van der Waals surface area contributed by atoms with E-state index in [9.17, 15) is 9.59 Å². The van der Waals surface area contributed by atoms with Crippen LogP contribution in [0, 0.1) is 0 Å². The number of nitrogens with zero attached hydrogens (tertiary/aromatic N) is 1. The topological polar surface area (TPSA) is 92.4 Å². The summed E-state index contributed by atoms with van der Waals surface area (Å²) < 4.78 is 5.71. The highest BCUT2D eigenvalue weighted by molar-refractivity contribution is 5.76. The summed E-state index contributed by atoms with van der Waals surface area (Å²) in [6.45, 7) is 4.66. The van der Waals surface area contributed by atoms with Crippen molar-refractivity contribution < 1.29 is 19.1 Å². The van der Waals surface area contributed by atoms with Crippen LogP contribution in [-0.4, -0.2) is 28.5 Å². The molecular weight excluding hydrogens is 320 g/mol. The SMILES string of the molecule is CC(C)c1ccc(-c2cnc(CCC(=O)NCCCC(=O)O)o2)cc1. The number of aryl methyl sites for hydroxylation is 1. The molecule has 6 heteroatoms. The third kappa shape index (κ3) is 6.06. The van der Waals surface area contributed by atoms with Gasteiger partial charge < -0.3 is 14.8 Å². The zero-order chi connectivity index (χ0) is 18.2. The highest BCUT2D eigenvalue weighted by atomic mass is 16.4. The molecule has 0 atom stereocenters. The van der Waals surface area contributed by atoms with Crippen LogP contribution in [0.5, 0.6) is 0 Å². The van der Waals surface area contributed by atoms with Crippen molar-refractivity contribution in [1.82, 2.24) is 10.3 Å². The number of aromatic nitrogens is 1. The molecule has 0 aliphatic carbocycles. The normalized spacial score (nSPS) is 10.8. The minimum atomic E-state index is -0.858. The number of carboxylic acids is 1. The predicted octanol–water partition coefficient (Wildman–Crippen LogP) is 3.38. The first-order valence-electron chi connectivity index (χ1n) is 8.49. The van der Waals surface area contributed by atoms with E-state index in [4.69, 9.17) is 9.52 Å². The number of carbonyl (C=O) groups excluding carboxylic acids is 1. The maximum Gasteiger partial charge on any atom is 0.303 e. The van der Waals surface area contributed by atoms with Crippen molar-refractivity contribution in [3.05, 3.63) is 41.9 Å². The van der Waals surface area contributed by atoms with E-state index in [1.165, 1.54) is 5.56 Å². The van der Waals surface area contributed by atoms with Gasteiger partial charge in [0.15, 0.2) is 11.7 Å². The second kappa shape index (κ2) is 9.01. The number of amides is 1. The van der Waals surface area contributed by atoms with Gasteiger partial charge in [0.2, 0.25) is 5.91 Å². The van der Waals surface area contributed by atoms with Crippen molar-refractivity contribution in [1.29, 1.82) is 0 Å². The molecule has 0 saturated heterocycles. The monoisotopic (exact) mass is 344 g/mol. The van der Waals surface area contributed by atoms with Crippen LogP contribution in [0.25, 0.3) is 11.3 Å². The Morgan fingerprint density at radius 2 is 1.92 bits per heavy atom. The number of rotatable bonds is 9. The molecule has 0 spiro atoms.